The number of amides is 1. The molecule has 1 heterocycles. The molecular weight excluding hydrogens is 443 g/mol. The summed E-state index contributed by atoms with van der Waals surface area (Å²) in [7, 11) is -3.62. The maximum atomic E-state index is 13.4. The third kappa shape index (κ3) is 5.17. The van der Waals surface area contributed by atoms with Crippen molar-refractivity contribution in [2.45, 2.75) is 55.4 Å². The zero-order valence-electron chi connectivity index (χ0n) is 15.9. The molecule has 3 N–H and O–H groups in total. The molecule has 3 rings (SSSR count). The number of hydrogen-bond acceptors (Lipinski definition) is 6. The monoisotopic (exact) mass is 463 g/mol. The van der Waals surface area contributed by atoms with E-state index in [1.807, 2.05) is 0 Å². The van der Waals surface area contributed by atoms with Crippen LogP contribution in [0.3, 0.4) is 0 Å². The van der Waals surface area contributed by atoms with Crippen LogP contribution in [0.5, 0.6) is 0 Å². The van der Waals surface area contributed by atoms with Crippen LogP contribution in [-0.2, 0) is 27.0 Å². The molecule has 1 amide bonds. The summed E-state index contributed by atoms with van der Waals surface area (Å²) in [6, 6.07) is 5.60. The Balaban J connectivity index is 1.63. The minimum atomic E-state index is -5.08. The lowest BCUT2D eigenvalue weighted by Crippen LogP contribution is -2.46. The van der Waals surface area contributed by atoms with Crippen molar-refractivity contribution in [2.24, 2.45) is 0 Å². The summed E-state index contributed by atoms with van der Waals surface area (Å²) in [5.74, 6) is -1.02. The zero-order valence-corrected chi connectivity index (χ0v) is 17.5. The molecule has 1 aromatic carbocycles. The lowest BCUT2D eigenvalue weighted by molar-refractivity contribution is -0.267. The third-order valence-corrected chi connectivity index (χ3v) is 7.13. The van der Waals surface area contributed by atoms with Crippen LogP contribution < -0.4 is 10.0 Å². The van der Waals surface area contributed by atoms with E-state index < -0.39 is 39.1 Å². The number of aryl methyl sites for hydroxylation is 1. The van der Waals surface area contributed by atoms with Crippen LogP contribution in [0.4, 0.5) is 13.2 Å². The van der Waals surface area contributed by atoms with Gasteiger partial charge in [0, 0.05) is 23.7 Å². The van der Waals surface area contributed by atoms with Gasteiger partial charge in [0.2, 0.25) is 21.5 Å². The lowest BCUT2D eigenvalue weighted by atomic mass is 9.99. The number of carbonyl (C=O) groups excluding carboxylic acids is 1. The molecule has 1 fully saturated rings. The molecule has 30 heavy (non-hydrogen) atoms. The van der Waals surface area contributed by atoms with Crippen molar-refractivity contribution >= 4 is 27.3 Å². The summed E-state index contributed by atoms with van der Waals surface area (Å²) in [6.45, 7) is 1.36. The Bertz CT molecular complexity index is 1020. The number of aromatic nitrogens is 1. The topological polar surface area (TPSA) is 108 Å². The number of thiazole rings is 1. The molecule has 0 bridgehead atoms. The van der Waals surface area contributed by atoms with Crippen molar-refractivity contribution in [3.05, 3.63) is 45.9 Å². The first-order valence-corrected chi connectivity index (χ1v) is 11.4. The normalized spacial score (nSPS) is 16.8. The van der Waals surface area contributed by atoms with Crippen LogP contribution in [0, 0.1) is 6.92 Å². The van der Waals surface area contributed by atoms with Gasteiger partial charge in [-0.2, -0.15) is 13.2 Å². The number of benzene rings is 1. The summed E-state index contributed by atoms with van der Waals surface area (Å²) in [5.41, 5.74) is -2.58. The number of sulfonamides is 1. The van der Waals surface area contributed by atoms with E-state index in [1.54, 1.807) is 0 Å². The smallest absolute Gasteiger partial charge is 0.374 e. The molecule has 1 unspecified atom stereocenters. The molecule has 1 atom stereocenters. The molecule has 7 nitrogen and oxygen atoms in total. The second-order valence-corrected chi connectivity index (χ2v) is 9.72. The minimum Gasteiger partial charge on any atom is -0.374 e. The van der Waals surface area contributed by atoms with Gasteiger partial charge in [0.1, 0.15) is 5.01 Å². The molecule has 12 heteroatoms. The fourth-order valence-corrected chi connectivity index (χ4v) is 4.83. The Morgan fingerprint density at radius 1 is 1.27 bits per heavy atom. The van der Waals surface area contributed by atoms with Gasteiger partial charge in [-0.1, -0.05) is 12.1 Å². The first-order valence-electron chi connectivity index (χ1n) is 9.00. The summed E-state index contributed by atoms with van der Waals surface area (Å²) >= 11 is 0.628. The third-order valence-electron chi connectivity index (χ3n) is 4.48. The Labute approximate surface area is 175 Å². The van der Waals surface area contributed by atoms with E-state index in [1.165, 1.54) is 36.6 Å². The predicted molar refractivity (Wildman–Crippen MR) is 103 cm³/mol. The van der Waals surface area contributed by atoms with Gasteiger partial charge in [0.25, 0.3) is 0 Å². The molecule has 0 spiro atoms. The number of nitrogens with one attached hydrogen (secondary N) is 2. The summed E-state index contributed by atoms with van der Waals surface area (Å²) < 4.78 is 67.1. The summed E-state index contributed by atoms with van der Waals surface area (Å²) in [5, 5.41) is 13.3. The van der Waals surface area contributed by atoms with Gasteiger partial charge in [-0.05, 0) is 37.5 Å². The van der Waals surface area contributed by atoms with Crippen LogP contribution in [0.15, 0.2) is 34.5 Å². The Kier molecular flexibility index (Phi) is 6.23. The second-order valence-electron chi connectivity index (χ2n) is 7.15. The maximum Gasteiger partial charge on any atom is 0.424 e. The molecule has 0 aliphatic heterocycles. The predicted octanol–water partition coefficient (Wildman–Crippen LogP) is 2.35. The number of aliphatic hydroxyl groups is 1. The van der Waals surface area contributed by atoms with Gasteiger partial charge in [-0.25, -0.2) is 18.1 Å². The summed E-state index contributed by atoms with van der Waals surface area (Å²) in [4.78, 5) is 15.9. The van der Waals surface area contributed by atoms with E-state index in [0.717, 1.165) is 12.8 Å². The number of rotatable bonds is 8. The molecule has 1 aliphatic rings. The van der Waals surface area contributed by atoms with Crippen molar-refractivity contribution in [2.75, 3.05) is 0 Å². The highest BCUT2D eigenvalue weighted by Gasteiger charge is 2.58. The van der Waals surface area contributed by atoms with E-state index in [9.17, 15) is 31.5 Å². The lowest BCUT2D eigenvalue weighted by Gasteiger charge is -2.27. The number of alkyl halides is 3. The van der Waals surface area contributed by atoms with Crippen molar-refractivity contribution in [1.29, 1.82) is 0 Å². The van der Waals surface area contributed by atoms with Gasteiger partial charge < -0.3 is 10.4 Å². The largest absolute Gasteiger partial charge is 0.424 e. The van der Waals surface area contributed by atoms with Crippen molar-refractivity contribution in [3.8, 4) is 0 Å². The average Bonchev–Trinajstić information content (AvgIpc) is 3.34. The van der Waals surface area contributed by atoms with E-state index in [2.05, 4.69) is 15.0 Å². The van der Waals surface area contributed by atoms with Crippen LogP contribution in [0.2, 0.25) is 0 Å². The zero-order chi connectivity index (χ0) is 22.2. The second kappa shape index (κ2) is 8.25. The highest BCUT2D eigenvalue weighted by atomic mass is 32.2. The molecule has 0 radical (unpaired) electrons. The summed E-state index contributed by atoms with van der Waals surface area (Å²) in [6.07, 6.45) is -4.72. The first-order chi connectivity index (χ1) is 13.9. The number of nitrogens with zero attached hydrogens (tertiary/aromatic N) is 1. The van der Waals surface area contributed by atoms with Gasteiger partial charge in [-0.3, -0.25) is 4.79 Å². The Morgan fingerprint density at radius 3 is 2.40 bits per heavy atom. The number of hydrogen-bond donors (Lipinski definition) is 3. The minimum absolute atomic E-state index is 0.0389. The van der Waals surface area contributed by atoms with E-state index in [0.29, 0.717) is 22.6 Å². The fraction of sp³-hybridized carbons (Fsp3) is 0.444. The van der Waals surface area contributed by atoms with Crippen molar-refractivity contribution in [1.82, 2.24) is 15.0 Å². The van der Waals surface area contributed by atoms with Crippen LogP contribution in [0.25, 0.3) is 0 Å². The van der Waals surface area contributed by atoms with E-state index in [4.69, 9.17) is 0 Å². The Morgan fingerprint density at radius 2 is 1.90 bits per heavy atom. The highest BCUT2D eigenvalue weighted by molar-refractivity contribution is 7.89. The van der Waals surface area contributed by atoms with E-state index >= 15 is 0 Å². The molecule has 0 saturated heterocycles. The number of carbonyl (C=O) groups is 1. The van der Waals surface area contributed by atoms with Gasteiger partial charge in [0.15, 0.2) is 0 Å². The van der Waals surface area contributed by atoms with Crippen LogP contribution in [-0.4, -0.2) is 36.6 Å². The van der Waals surface area contributed by atoms with Crippen LogP contribution >= 0.6 is 11.3 Å². The molecular formula is C18H20F3N3O4S2. The standard InChI is InChI=1S/C18H20F3N3O4S2/c1-11-10-29-16(23-11)17(26,18(19,20)21)8-15(25)22-9-12-2-6-14(7-3-12)30(27,28)24-13-4-5-13/h2-3,6-7,10,13,24,26H,4-5,8-9H2,1H3,(H,22,25). The SMILES string of the molecule is Cc1csc(C(O)(CC(=O)NCc2ccc(S(=O)(=O)NC3CC3)cc2)C(F)(F)F)n1. The fourth-order valence-electron chi connectivity index (χ4n) is 2.61. The molecule has 164 valence electrons. The molecule has 1 aromatic heterocycles. The van der Waals surface area contributed by atoms with Crippen molar-refractivity contribution < 1.29 is 31.5 Å². The molecule has 1 aliphatic carbocycles. The number of halogens is 3. The van der Waals surface area contributed by atoms with Crippen LogP contribution in [0.1, 0.15) is 35.5 Å². The van der Waals surface area contributed by atoms with Gasteiger partial charge >= 0.3 is 6.18 Å². The molecule has 1 saturated carbocycles. The quantitative estimate of drug-likeness (QED) is 0.557. The van der Waals surface area contributed by atoms with E-state index in [-0.39, 0.29) is 17.5 Å². The maximum absolute atomic E-state index is 13.4. The highest BCUT2D eigenvalue weighted by Crippen LogP contribution is 2.42. The molecule has 2 aromatic rings. The van der Waals surface area contributed by atoms with Crippen molar-refractivity contribution in [3.63, 3.8) is 0 Å². The first kappa shape index (κ1) is 22.7. The average molecular weight is 464 g/mol. The van der Waals surface area contributed by atoms with Gasteiger partial charge in [0.05, 0.1) is 11.3 Å². The Hall–Kier alpha value is -2.02. The van der Waals surface area contributed by atoms with Gasteiger partial charge in [-0.15, -0.1) is 11.3 Å².